The number of nitrogens with zero attached hydrogens (tertiary/aromatic N) is 3. The Morgan fingerprint density at radius 2 is 1.64 bits per heavy atom. The maximum absolute atomic E-state index is 14.2. The number of carbonyl (C=O) groups excluding carboxylic acids is 1. The van der Waals surface area contributed by atoms with Crippen LogP contribution in [0, 0.1) is 11.6 Å². The lowest BCUT2D eigenvalue weighted by Gasteiger charge is -2.24. The number of thiazole rings is 1. The van der Waals surface area contributed by atoms with Gasteiger partial charge < -0.3 is 14.4 Å². The van der Waals surface area contributed by atoms with Gasteiger partial charge in [0.15, 0.2) is 17.6 Å². The molecule has 0 radical (unpaired) electrons. The molecule has 0 atom stereocenters. The number of likely N-dealkylation sites (N-methyl/N-ethyl adjacent to an activating group) is 1. The second kappa shape index (κ2) is 12.7. The SMILES string of the molecule is CCOc1ccc(OCC(=O)N(CCN(CC)CC)c2nc3c(F)cc(F)cc3s2)cc1.Cl. The van der Waals surface area contributed by atoms with E-state index in [2.05, 4.69) is 9.88 Å². The van der Waals surface area contributed by atoms with Gasteiger partial charge in [-0.2, -0.15) is 0 Å². The highest BCUT2D eigenvalue weighted by Gasteiger charge is 2.22. The van der Waals surface area contributed by atoms with Crippen LogP contribution in [0.15, 0.2) is 36.4 Å². The number of rotatable bonds is 11. The average Bonchev–Trinajstić information content (AvgIpc) is 3.20. The van der Waals surface area contributed by atoms with Crippen molar-refractivity contribution in [1.29, 1.82) is 0 Å². The Morgan fingerprint density at radius 3 is 2.24 bits per heavy atom. The Labute approximate surface area is 202 Å². The first-order valence-corrected chi connectivity index (χ1v) is 11.4. The Bertz CT molecular complexity index is 1050. The highest BCUT2D eigenvalue weighted by atomic mass is 35.5. The highest BCUT2D eigenvalue weighted by molar-refractivity contribution is 7.22. The van der Waals surface area contributed by atoms with E-state index in [4.69, 9.17) is 9.47 Å². The Balaban J connectivity index is 0.00000385. The monoisotopic (exact) mass is 499 g/mol. The zero-order valence-electron chi connectivity index (χ0n) is 18.8. The van der Waals surface area contributed by atoms with E-state index in [1.807, 2.05) is 20.8 Å². The van der Waals surface area contributed by atoms with Gasteiger partial charge in [0.25, 0.3) is 5.91 Å². The number of halogens is 3. The molecule has 180 valence electrons. The number of hydrogen-bond acceptors (Lipinski definition) is 6. The predicted octanol–water partition coefficient (Wildman–Crippen LogP) is 5.15. The summed E-state index contributed by atoms with van der Waals surface area (Å²) in [7, 11) is 0. The lowest BCUT2D eigenvalue weighted by molar-refractivity contribution is -0.120. The number of benzene rings is 2. The number of carbonyl (C=O) groups is 1. The Morgan fingerprint density at radius 1 is 1.00 bits per heavy atom. The van der Waals surface area contributed by atoms with Crippen molar-refractivity contribution in [3.63, 3.8) is 0 Å². The molecule has 0 N–H and O–H groups in total. The van der Waals surface area contributed by atoms with E-state index in [-0.39, 0.29) is 30.4 Å². The van der Waals surface area contributed by atoms with E-state index in [9.17, 15) is 13.6 Å². The van der Waals surface area contributed by atoms with E-state index in [0.717, 1.165) is 36.2 Å². The highest BCUT2D eigenvalue weighted by Crippen LogP contribution is 2.31. The maximum atomic E-state index is 14.2. The van der Waals surface area contributed by atoms with Gasteiger partial charge in [-0.15, -0.1) is 12.4 Å². The molecule has 1 heterocycles. The van der Waals surface area contributed by atoms with Crippen LogP contribution in [0.4, 0.5) is 13.9 Å². The van der Waals surface area contributed by atoms with Crippen molar-refractivity contribution in [2.75, 3.05) is 44.3 Å². The van der Waals surface area contributed by atoms with Gasteiger partial charge in [-0.05, 0) is 50.3 Å². The summed E-state index contributed by atoms with van der Waals surface area (Å²) in [5.74, 6) is -0.487. The summed E-state index contributed by atoms with van der Waals surface area (Å²) < 4.78 is 39.2. The molecule has 33 heavy (non-hydrogen) atoms. The minimum absolute atomic E-state index is 0. The van der Waals surface area contributed by atoms with Crippen LogP contribution in [0.2, 0.25) is 0 Å². The van der Waals surface area contributed by atoms with Crippen molar-refractivity contribution in [2.45, 2.75) is 20.8 Å². The van der Waals surface area contributed by atoms with Crippen LogP contribution >= 0.6 is 23.7 Å². The van der Waals surface area contributed by atoms with E-state index in [0.29, 0.717) is 35.3 Å². The molecule has 0 aliphatic carbocycles. The minimum Gasteiger partial charge on any atom is -0.494 e. The van der Waals surface area contributed by atoms with Crippen LogP contribution in [0.3, 0.4) is 0 Å². The van der Waals surface area contributed by atoms with Crippen molar-refractivity contribution >= 4 is 45.0 Å². The van der Waals surface area contributed by atoms with Crippen molar-refractivity contribution in [3.8, 4) is 11.5 Å². The zero-order valence-corrected chi connectivity index (χ0v) is 20.5. The fourth-order valence-corrected chi connectivity index (χ4v) is 4.24. The van der Waals surface area contributed by atoms with Crippen molar-refractivity contribution in [2.24, 2.45) is 0 Å². The van der Waals surface area contributed by atoms with E-state index in [1.54, 1.807) is 24.3 Å². The Hall–Kier alpha value is -2.49. The molecule has 0 saturated heterocycles. The third-order valence-electron chi connectivity index (χ3n) is 4.97. The van der Waals surface area contributed by atoms with Gasteiger partial charge in [0, 0.05) is 19.2 Å². The molecule has 1 amide bonds. The molecule has 3 aromatic rings. The Kier molecular flexibility index (Phi) is 10.3. The van der Waals surface area contributed by atoms with Crippen LogP contribution < -0.4 is 14.4 Å². The molecule has 3 rings (SSSR count). The summed E-state index contributed by atoms with van der Waals surface area (Å²) in [5.41, 5.74) is 0.0551. The molecule has 0 bridgehead atoms. The van der Waals surface area contributed by atoms with Gasteiger partial charge in [0.05, 0.1) is 11.3 Å². The van der Waals surface area contributed by atoms with Crippen LogP contribution in [-0.4, -0.2) is 55.2 Å². The molecule has 2 aromatic carbocycles. The molecular weight excluding hydrogens is 472 g/mol. The summed E-state index contributed by atoms with van der Waals surface area (Å²) in [6, 6.07) is 9.02. The number of anilines is 1. The van der Waals surface area contributed by atoms with Crippen LogP contribution in [0.1, 0.15) is 20.8 Å². The first kappa shape index (κ1) is 26.8. The molecule has 6 nitrogen and oxygen atoms in total. The van der Waals surface area contributed by atoms with Gasteiger partial charge in [-0.1, -0.05) is 25.2 Å². The molecule has 0 saturated carbocycles. The van der Waals surface area contributed by atoms with Crippen molar-refractivity contribution in [1.82, 2.24) is 9.88 Å². The second-order valence-electron chi connectivity index (χ2n) is 7.00. The lowest BCUT2D eigenvalue weighted by Crippen LogP contribution is -2.41. The second-order valence-corrected chi connectivity index (χ2v) is 8.01. The summed E-state index contributed by atoms with van der Waals surface area (Å²) in [5, 5.41) is 0.317. The molecule has 0 aliphatic rings. The normalized spacial score (nSPS) is 10.8. The molecular formula is C23H28ClF2N3O3S. The molecule has 0 fully saturated rings. The molecule has 0 aliphatic heterocycles. The third-order valence-corrected chi connectivity index (χ3v) is 5.99. The number of fused-ring (bicyclic) bond motifs is 1. The van der Waals surface area contributed by atoms with Gasteiger partial charge in [-0.25, -0.2) is 13.8 Å². The van der Waals surface area contributed by atoms with Crippen LogP contribution in [0.5, 0.6) is 11.5 Å². The summed E-state index contributed by atoms with van der Waals surface area (Å²) in [6.45, 7) is 8.98. The number of hydrogen-bond donors (Lipinski definition) is 0. The molecule has 1 aromatic heterocycles. The zero-order chi connectivity index (χ0) is 23.1. The molecule has 0 spiro atoms. The summed E-state index contributed by atoms with van der Waals surface area (Å²) in [6.07, 6.45) is 0. The standard InChI is InChI=1S/C23H27F2N3O3S.ClH/c1-4-27(5-2)11-12-28(23-26-22-19(25)13-16(24)14-20(22)32-23)21(29)15-31-18-9-7-17(8-10-18)30-6-3;/h7-10,13-14H,4-6,11-12,15H2,1-3H3;1H. The fourth-order valence-electron chi connectivity index (χ4n) is 3.19. The third kappa shape index (κ3) is 6.99. The van der Waals surface area contributed by atoms with Gasteiger partial charge in [0.2, 0.25) is 0 Å². The summed E-state index contributed by atoms with van der Waals surface area (Å²) in [4.78, 5) is 21.0. The van der Waals surface area contributed by atoms with E-state index >= 15 is 0 Å². The van der Waals surface area contributed by atoms with Crippen molar-refractivity contribution in [3.05, 3.63) is 48.0 Å². The van der Waals surface area contributed by atoms with Crippen LogP contribution in [-0.2, 0) is 4.79 Å². The fraction of sp³-hybridized carbons (Fsp3) is 0.391. The van der Waals surface area contributed by atoms with Gasteiger partial charge >= 0.3 is 0 Å². The predicted molar refractivity (Wildman–Crippen MR) is 130 cm³/mol. The average molecular weight is 500 g/mol. The van der Waals surface area contributed by atoms with E-state index < -0.39 is 11.6 Å². The topological polar surface area (TPSA) is 54.9 Å². The van der Waals surface area contributed by atoms with Crippen molar-refractivity contribution < 1.29 is 23.0 Å². The number of ether oxygens (including phenoxy) is 2. The van der Waals surface area contributed by atoms with Gasteiger partial charge in [0.1, 0.15) is 22.8 Å². The largest absolute Gasteiger partial charge is 0.494 e. The first-order chi connectivity index (χ1) is 15.4. The molecule has 0 unspecified atom stereocenters. The van der Waals surface area contributed by atoms with E-state index in [1.165, 1.54) is 11.0 Å². The summed E-state index contributed by atoms with van der Waals surface area (Å²) >= 11 is 1.08. The van der Waals surface area contributed by atoms with Crippen LogP contribution in [0.25, 0.3) is 10.2 Å². The molecule has 10 heteroatoms. The van der Waals surface area contributed by atoms with Gasteiger partial charge in [-0.3, -0.25) is 9.69 Å². The maximum Gasteiger partial charge on any atom is 0.266 e. The number of aromatic nitrogens is 1. The smallest absolute Gasteiger partial charge is 0.266 e. The minimum atomic E-state index is -0.746. The lowest BCUT2D eigenvalue weighted by atomic mass is 10.3. The quantitative estimate of drug-likeness (QED) is 0.365. The first-order valence-electron chi connectivity index (χ1n) is 10.6. The number of amides is 1.